The van der Waals surface area contributed by atoms with Gasteiger partial charge < -0.3 is 19.7 Å². The van der Waals surface area contributed by atoms with Gasteiger partial charge in [0.05, 0.1) is 24.8 Å². The molecule has 0 heterocycles. The highest BCUT2D eigenvalue weighted by molar-refractivity contribution is 7.92. The fraction of sp³-hybridized carbons (Fsp3) is 0.355. The van der Waals surface area contributed by atoms with Crippen molar-refractivity contribution >= 4 is 27.5 Å². The van der Waals surface area contributed by atoms with Crippen LogP contribution in [-0.2, 0) is 26.2 Å². The normalized spacial score (nSPS) is 11.8. The van der Waals surface area contributed by atoms with E-state index in [9.17, 15) is 18.0 Å². The topological polar surface area (TPSA) is 105 Å². The third kappa shape index (κ3) is 8.00. The number of hydrogen-bond acceptors (Lipinski definition) is 6. The molecule has 0 saturated carbocycles. The third-order valence-electron chi connectivity index (χ3n) is 6.70. The maximum atomic E-state index is 14.0. The summed E-state index contributed by atoms with van der Waals surface area (Å²) in [4.78, 5) is 28.6. The van der Waals surface area contributed by atoms with Crippen LogP contribution >= 0.6 is 0 Å². The lowest BCUT2D eigenvalue weighted by atomic mass is 10.1. The van der Waals surface area contributed by atoms with Crippen molar-refractivity contribution in [2.45, 2.75) is 51.1 Å². The molecule has 0 spiro atoms. The average Bonchev–Trinajstić information content (AvgIpc) is 2.98. The smallest absolute Gasteiger partial charge is 0.264 e. The summed E-state index contributed by atoms with van der Waals surface area (Å²) in [5, 5.41) is 2.89. The number of nitrogens with one attached hydrogen (secondary N) is 1. The lowest BCUT2D eigenvalue weighted by Gasteiger charge is -2.32. The molecule has 3 aromatic carbocycles. The standard InChI is InChI=1S/C31H39N3O6S/c1-6-7-18-32-31(36)24(3)33(21-25-13-11-12-23(2)19-25)30(35)22-34(41(37,38)27-14-9-8-10-15-27)26-16-17-28(39-4)29(20-26)40-5/h8-17,19-20,24H,6-7,18,21-22H2,1-5H3,(H,32,36)/t24-/m1/s1. The Balaban J connectivity index is 2.05. The molecule has 41 heavy (non-hydrogen) atoms. The maximum Gasteiger partial charge on any atom is 0.264 e. The number of nitrogens with zero attached hydrogens (tertiary/aromatic N) is 2. The van der Waals surface area contributed by atoms with Crippen molar-refractivity contribution in [3.63, 3.8) is 0 Å². The Morgan fingerprint density at radius 1 is 0.927 bits per heavy atom. The summed E-state index contributed by atoms with van der Waals surface area (Å²) >= 11 is 0. The first-order valence-electron chi connectivity index (χ1n) is 13.5. The summed E-state index contributed by atoms with van der Waals surface area (Å²) in [6.07, 6.45) is 1.73. The molecule has 1 atom stereocenters. The number of amides is 2. The fourth-order valence-electron chi connectivity index (χ4n) is 4.35. The molecule has 0 bridgehead atoms. The van der Waals surface area contributed by atoms with E-state index in [2.05, 4.69) is 5.32 Å². The monoisotopic (exact) mass is 581 g/mol. The molecular formula is C31H39N3O6S. The molecule has 1 N–H and O–H groups in total. The highest BCUT2D eigenvalue weighted by Crippen LogP contribution is 2.34. The van der Waals surface area contributed by atoms with Crippen molar-refractivity contribution in [2.24, 2.45) is 0 Å². The molecule has 0 aliphatic heterocycles. The average molecular weight is 582 g/mol. The number of methoxy groups -OCH3 is 2. The molecule has 0 saturated heterocycles. The predicted octanol–water partition coefficient (Wildman–Crippen LogP) is 4.54. The van der Waals surface area contributed by atoms with E-state index in [0.717, 1.165) is 28.3 Å². The summed E-state index contributed by atoms with van der Waals surface area (Å²) < 4.78 is 39.6. The number of anilines is 1. The maximum absolute atomic E-state index is 14.0. The first-order valence-corrected chi connectivity index (χ1v) is 15.0. The zero-order valence-corrected chi connectivity index (χ0v) is 25.1. The SMILES string of the molecule is CCCCNC(=O)[C@@H](C)N(Cc1cccc(C)c1)C(=O)CN(c1ccc(OC)c(OC)c1)S(=O)(=O)c1ccccc1. The van der Waals surface area contributed by atoms with Gasteiger partial charge in [-0.05, 0) is 50.1 Å². The highest BCUT2D eigenvalue weighted by Gasteiger charge is 2.33. The summed E-state index contributed by atoms with van der Waals surface area (Å²) in [6, 6.07) is 19.4. The zero-order chi connectivity index (χ0) is 30.0. The molecule has 0 radical (unpaired) electrons. The molecule has 0 fully saturated rings. The minimum absolute atomic E-state index is 0.0261. The van der Waals surface area contributed by atoms with Crippen LogP contribution in [0.5, 0.6) is 11.5 Å². The molecule has 0 aliphatic carbocycles. The molecular weight excluding hydrogens is 542 g/mol. The Morgan fingerprint density at radius 2 is 1.63 bits per heavy atom. The number of unbranched alkanes of at least 4 members (excludes halogenated alkanes) is 1. The molecule has 220 valence electrons. The van der Waals surface area contributed by atoms with Crippen LogP contribution in [0.2, 0.25) is 0 Å². The van der Waals surface area contributed by atoms with Gasteiger partial charge >= 0.3 is 0 Å². The van der Waals surface area contributed by atoms with Crippen LogP contribution in [-0.4, -0.2) is 58.5 Å². The fourth-order valence-corrected chi connectivity index (χ4v) is 5.78. The largest absolute Gasteiger partial charge is 0.493 e. The van der Waals surface area contributed by atoms with Gasteiger partial charge in [0, 0.05) is 19.2 Å². The van der Waals surface area contributed by atoms with Gasteiger partial charge in [-0.3, -0.25) is 13.9 Å². The van der Waals surface area contributed by atoms with Gasteiger partial charge in [-0.1, -0.05) is 61.4 Å². The lowest BCUT2D eigenvalue weighted by Crippen LogP contribution is -2.51. The molecule has 2 amide bonds. The van der Waals surface area contributed by atoms with E-state index in [1.807, 2.05) is 38.1 Å². The number of carbonyl (C=O) groups excluding carboxylic acids is 2. The van der Waals surface area contributed by atoms with E-state index >= 15 is 0 Å². The van der Waals surface area contributed by atoms with Gasteiger partial charge in [0.1, 0.15) is 12.6 Å². The number of benzene rings is 3. The van der Waals surface area contributed by atoms with Crippen molar-refractivity contribution < 1.29 is 27.5 Å². The van der Waals surface area contributed by atoms with E-state index in [1.165, 1.54) is 37.3 Å². The van der Waals surface area contributed by atoms with Gasteiger partial charge in [-0.15, -0.1) is 0 Å². The summed E-state index contributed by atoms with van der Waals surface area (Å²) in [5.41, 5.74) is 2.05. The molecule has 3 rings (SSSR count). The van der Waals surface area contributed by atoms with E-state index in [0.29, 0.717) is 18.0 Å². The Morgan fingerprint density at radius 3 is 2.27 bits per heavy atom. The van der Waals surface area contributed by atoms with Gasteiger partial charge in [0.2, 0.25) is 11.8 Å². The van der Waals surface area contributed by atoms with Crippen LogP contribution in [0.4, 0.5) is 5.69 Å². The minimum Gasteiger partial charge on any atom is -0.493 e. The first kappa shape index (κ1) is 31.5. The van der Waals surface area contributed by atoms with E-state index < -0.39 is 28.5 Å². The van der Waals surface area contributed by atoms with Crippen LogP contribution in [0, 0.1) is 6.92 Å². The molecule has 0 aromatic heterocycles. The number of ether oxygens (including phenoxy) is 2. The summed E-state index contributed by atoms with van der Waals surface area (Å²) in [5.74, 6) is -0.106. The molecule has 9 nitrogen and oxygen atoms in total. The van der Waals surface area contributed by atoms with E-state index in [4.69, 9.17) is 9.47 Å². The second-order valence-corrected chi connectivity index (χ2v) is 11.6. The van der Waals surface area contributed by atoms with Crippen molar-refractivity contribution in [1.82, 2.24) is 10.2 Å². The van der Waals surface area contributed by atoms with E-state index in [-0.39, 0.29) is 23.0 Å². The van der Waals surface area contributed by atoms with Crippen LogP contribution in [0.25, 0.3) is 0 Å². The predicted molar refractivity (Wildman–Crippen MR) is 160 cm³/mol. The Hall–Kier alpha value is -4.05. The van der Waals surface area contributed by atoms with Gasteiger partial charge in [0.15, 0.2) is 11.5 Å². The molecule has 10 heteroatoms. The van der Waals surface area contributed by atoms with Crippen LogP contribution in [0.15, 0.2) is 77.7 Å². The van der Waals surface area contributed by atoms with E-state index in [1.54, 1.807) is 37.3 Å². The Bertz CT molecular complexity index is 1430. The highest BCUT2D eigenvalue weighted by atomic mass is 32.2. The number of aryl methyl sites for hydroxylation is 1. The first-order chi connectivity index (χ1) is 19.6. The number of hydrogen-bond donors (Lipinski definition) is 1. The van der Waals surface area contributed by atoms with Crippen molar-refractivity contribution in [1.29, 1.82) is 0 Å². The third-order valence-corrected chi connectivity index (χ3v) is 8.49. The van der Waals surface area contributed by atoms with Crippen LogP contribution in [0.3, 0.4) is 0 Å². The van der Waals surface area contributed by atoms with Gasteiger partial charge in [0.25, 0.3) is 10.0 Å². The van der Waals surface area contributed by atoms with Crippen molar-refractivity contribution in [2.75, 3.05) is 31.6 Å². The van der Waals surface area contributed by atoms with Crippen molar-refractivity contribution in [3.8, 4) is 11.5 Å². The number of sulfonamides is 1. The summed E-state index contributed by atoms with van der Waals surface area (Å²) in [6.45, 7) is 5.72. The van der Waals surface area contributed by atoms with Crippen molar-refractivity contribution in [3.05, 3.63) is 83.9 Å². The molecule has 0 aliphatic rings. The molecule has 3 aromatic rings. The van der Waals surface area contributed by atoms with Gasteiger partial charge in [-0.2, -0.15) is 0 Å². The number of rotatable bonds is 14. The zero-order valence-electron chi connectivity index (χ0n) is 24.3. The summed E-state index contributed by atoms with van der Waals surface area (Å²) in [7, 11) is -1.25. The molecule has 0 unspecified atom stereocenters. The van der Waals surface area contributed by atoms with Crippen LogP contribution < -0.4 is 19.1 Å². The van der Waals surface area contributed by atoms with Crippen LogP contribution in [0.1, 0.15) is 37.8 Å². The lowest BCUT2D eigenvalue weighted by molar-refractivity contribution is -0.139. The Kier molecular flexibility index (Phi) is 11.2. The second-order valence-electron chi connectivity index (χ2n) is 9.70. The number of carbonyl (C=O) groups is 2. The Labute approximate surface area is 243 Å². The van der Waals surface area contributed by atoms with Gasteiger partial charge in [-0.25, -0.2) is 8.42 Å². The quantitative estimate of drug-likeness (QED) is 0.280. The second kappa shape index (κ2) is 14.5. The minimum atomic E-state index is -4.18.